The third kappa shape index (κ3) is 3.00. The van der Waals surface area contributed by atoms with Gasteiger partial charge in [0.25, 0.3) is 5.69 Å². The largest absolute Gasteiger partial charge is 0.354 e. The molecule has 1 aromatic heterocycles. The lowest BCUT2D eigenvalue weighted by atomic mass is 10.0. The second-order valence-electron chi connectivity index (χ2n) is 6.01. The Labute approximate surface area is 150 Å². The molecule has 0 saturated carbocycles. The van der Waals surface area contributed by atoms with Gasteiger partial charge in [0.2, 0.25) is 0 Å². The molecule has 0 spiro atoms. The van der Waals surface area contributed by atoms with Crippen LogP contribution in [0.4, 0.5) is 5.69 Å². The molecule has 126 valence electrons. The van der Waals surface area contributed by atoms with Crippen molar-refractivity contribution in [3.05, 3.63) is 101 Å². The highest BCUT2D eigenvalue weighted by Gasteiger charge is 2.14. The lowest BCUT2D eigenvalue weighted by Crippen LogP contribution is -1.88. The van der Waals surface area contributed by atoms with E-state index in [1.165, 1.54) is 6.07 Å². The van der Waals surface area contributed by atoms with Gasteiger partial charge in [-0.2, -0.15) is 0 Å². The van der Waals surface area contributed by atoms with E-state index in [2.05, 4.69) is 35.3 Å². The number of aromatic nitrogens is 1. The number of non-ortho nitro benzene ring substituents is 1. The van der Waals surface area contributed by atoms with Crippen molar-refractivity contribution < 1.29 is 4.92 Å². The summed E-state index contributed by atoms with van der Waals surface area (Å²) in [5.41, 5.74) is 5.96. The molecule has 4 rings (SSSR count). The number of nitrogens with zero attached hydrogens (tertiary/aromatic N) is 1. The summed E-state index contributed by atoms with van der Waals surface area (Å²) in [4.78, 5) is 14.2. The van der Waals surface area contributed by atoms with Crippen molar-refractivity contribution in [3.8, 4) is 33.6 Å². The summed E-state index contributed by atoms with van der Waals surface area (Å²) < 4.78 is 0. The van der Waals surface area contributed by atoms with Gasteiger partial charge in [-0.25, -0.2) is 0 Å². The molecule has 0 fully saturated rings. The molecular weight excluding hydrogens is 324 g/mol. The van der Waals surface area contributed by atoms with Crippen molar-refractivity contribution in [3.63, 3.8) is 0 Å². The average molecular weight is 340 g/mol. The third-order valence-corrected chi connectivity index (χ3v) is 4.33. The zero-order chi connectivity index (χ0) is 17.9. The predicted octanol–water partition coefficient (Wildman–Crippen LogP) is 5.92. The highest BCUT2D eigenvalue weighted by atomic mass is 16.6. The average Bonchev–Trinajstić information content (AvgIpc) is 3.15. The molecule has 4 aromatic rings. The fraction of sp³-hybridized carbons (Fsp3) is 0. The van der Waals surface area contributed by atoms with Crippen LogP contribution in [0.1, 0.15) is 0 Å². The Morgan fingerprint density at radius 1 is 0.692 bits per heavy atom. The van der Waals surface area contributed by atoms with Crippen LogP contribution in [0.15, 0.2) is 91.0 Å². The summed E-state index contributed by atoms with van der Waals surface area (Å²) in [5, 5.41) is 11.1. The fourth-order valence-corrected chi connectivity index (χ4v) is 3.07. The first kappa shape index (κ1) is 15.8. The smallest absolute Gasteiger partial charge is 0.270 e. The summed E-state index contributed by atoms with van der Waals surface area (Å²) >= 11 is 0. The van der Waals surface area contributed by atoms with Crippen molar-refractivity contribution in [1.82, 2.24) is 4.98 Å². The Morgan fingerprint density at radius 2 is 1.31 bits per heavy atom. The molecule has 26 heavy (non-hydrogen) atoms. The molecule has 0 aliphatic carbocycles. The first-order chi connectivity index (χ1) is 12.7. The maximum absolute atomic E-state index is 11.1. The summed E-state index contributed by atoms with van der Waals surface area (Å²) in [6.45, 7) is 0. The highest BCUT2D eigenvalue weighted by molar-refractivity contribution is 5.86. The monoisotopic (exact) mass is 340 g/mol. The molecule has 0 saturated heterocycles. The lowest BCUT2D eigenvalue weighted by Gasteiger charge is -2.04. The van der Waals surface area contributed by atoms with E-state index >= 15 is 0 Å². The molecule has 0 amide bonds. The topological polar surface area (TPSA) is 58.9 Å². The van der Waals surface area contributed by atoms with Gasteiger partial charge in [-0.1, -0.05) is 72.8 Å². The summed E-state index contributed by atoms with van der Waals surface area (Å²) in [6, 6.07) is 28.9. The van der Waals surface area contributed by atoms with Gasteiger partial charge in [-0.15, -0.1) is 0 Å². The Balaban J connectivity index is 1.89. The van der Waals surface area contributed by atoms with Gasteiger partial charge in [-0.05, 0) is 17.2 Å². The number of H-pyrrole nitrogens is 1. The number of nitro groups is 1. The van der Waals surface area contributed by atoms with E-state index in [1.54, 1.807) is 12.1 Å². The zero-order valence-electron chi connectivity index (χ0n) is 13.9. The van der Waals surface area contributed by atoms with E-state index in [4.69, 9.17) is 0 Å². The van der Waals surface area contributed by atoms with Gasteiger partial charge in [-0.3, -0.25) is 10.1 Å². The quantitative estimate of drug-likeness (QED) is 0.370. The van der Waals surface area contributed by atoms with E-state index in [0.29, 0.717) is 0 Å². The van der Waals surface area contributed by atoms with Crippen molar-refractivity contribution in [2.24, 2.45) is 0 Å². The minimum absolute atomic E-state index is 0.0830. The van der Waals surface area contributed by atoms with E-state index in [1.807, 2.05) is 42.5 Å². The maximum atomic E-state index is 11.1. The Morgan fingerprint density at radius 3 is 1.96 bits per heavy atom. The molecule has 0 bridgehead atoms. The number of aromatic amines is 1. The van der Waals surface area contributed by atoms with E-state index in [0.717, 1.165) is 33.6 Å². The minimum atomic E-state index is -0.372. The normalized spacial score (nSPS) is 10.6. The molecular formula is C22H16N2O2. The number of rotatable bonds is 4. The standard InChI is InChI=1S/C22H16N2O2/c25-24(26)19-13-7-12-18(14-19)21-15-20(16-8-3-1-4-9-16)22(23-21)17-10-5-2-6-11-17/h1-15,23H. The Kier molecular flexibility index (Phi) is 4.07. The van der Waals surface area contributed by atoms with Crippen molar-refractivity contribution in [1.29, 1.82) is 0 Å². The third-order valence-electron chi connectivity index (χ3n) is 4.33. The predicted molar refractivity (Wildman–Crippen MR) is 104 cm³/mol. The lowest BCUT2D eigenvalue weighted by molar-refractivity contribution is -0.384. The molecule has 0 radical (unpaired) electrons. The molecule has 0 aliphatic heterocycles. The molecule has 0 atom stereocenters. The number of hydrogen-bond donors (Lipinski definition) is 1. The van der Waals surface area contributed by atoms with Gasteiger partial charge < -0.3 is 4.98 Å². The first-order valence-corrected chi connectivity index (χ1v) is 8.31. The fourth-order valence-electron chi connectivity index (χ4n) is 3.07. The van der Waals surface area contributed by atoms with Crippen LogP contribution in [0.2, 0.25) is 0 Å². The van der Waals surface area contributed by atoms with Gasteiger partial charge in [0, 0.05) is 29.0 Å². The van der Waals surface area contributed by atoms with Crippen LogP contribution in [0, 0.1) is 10.1 Å². The van der Waals surface area contributed by atoms with Crippen molar-refractivity contribution in [2.45, 2.75) is 0 Å². The summed E-state index contributed by atoms with van der Waals surface area (Å²) in [5.74, 6) is 0. The number of nitrogens with one attached hydrogen (secondary N) is 1. The van der Waals surface area contributed by atoms with Gasteiger partial charge in [0.1, 0.15) is 0 Å². The Hall–Kier alpha value is -3.66. The number of nitro benzene ring substituents is 1. The van der Waals surface area contributed by atoms with Crippen LogP contribution in [-0.2, 0) is 0 Å². The molecule has 3 aromatic carbocycles. The second kappa shape index (κ2) is 6.69. The van der Waals surface area contributed by atoms with Gasteiger partial charge in [0.05, 0.1) is 10.6 Å². The first-order valence-electron chi connectivity index (χ1n) is 8.31. The van der Waals surface area contributed by atoms with Crippen molar-refractivity contribution in [2.75, 3.05) is 0 Å². The van der Waals surface area contributed by atoms with E-state index in [-0.39, 0.29) is 10.6 Å². The highest BCUT2D eigenvalue weighted by Crippen LogP contribution is 2.36. The minimum Gasteiger partial charge on any atom is -0.354 e. The van der Waals surface area contributed by atoms with Crippen LogP contribution in [-0.4, -0.2) is 9.91 Å². The zero-order valence-corrected chi connectivity index (χ0v) is 13.9. The molecule has 0 aliphatic rings. The van der Waals surface area contributed by atoms with Crippen LogP contribution >= 0.6 is 0 Å². The summed E-state index contributed by atoms with van der Waals surface area (Å²) in [6.07, 6.45) is 0. The van der Waals surface area contributed by atoms with Crippen LogP contribution in [0.25, 0.3) is 33.6 Å². The number of hydrogen-bond acceptors (Lipinski definition) is 2. The molecule has 1 N–H and O–H groups in total. The summed E-state index contributed by atoms with van der Waals surface area (Å²) in [7, 11) is 0. The van der Waals surface area contributed by atoms with E-state index in [9.17, 15) is 10.1 Å². The molecule has 0 unspecified atom stereocenters. The SMILES string of the molecule is O=[N+]([O-])c1cccc(-c2cc(-c3ccccc3)c(-c3ccccc3)[nH]2)c1. The van der Waals surface area contributed by atoms with Gasteiger partial charge >= 0.3 is 0 Å². The second-order valence-corrected chi connectivity index (χ2v) is 6.01. The molecule has 4 heteroatoms. The maximum Gasteiger partial charge on any atom is 0.270 e. The molecule has 1 heterocycles. The van der Waals surface area contributed by atoms with Crippen molar-refractivity contribution >= 4 is 5.69 Å². The van der Waals surface area contributed by atoms with Crippen LogP contribution < -0.4 is 0 Å². The number of benzene rings is 3. The molecule has 4 nitrogen and oxygen atoms in total. The van der Waals surface area contributed by atoms with E-state index < -0.39 is 0 Å². The Bertz CT molecular complexity index is 997. The van der Waals surface area contributed by atoms with Crippen LogP contribution in [0.5, 0.6) is 0 Å². The van der Waals surface area contributed by atoms with Crippen LogP contribution in [0.3, 0.4) is 0 Å². The van der Waals surface area contributed by atoms with Gasteiger partial charge in [0.15, 0.2) is 0 Å².